The van der Waals surface area contributed by atoms with Gasteiger partial charge in [-0.1, -0.05) is 41.2 Å². The van der Waals surface area contributed by atoms with E-state index in [4.69, 9.17) is 9.47 Å². The Balaban J connectivity index is 1.97. The van der Waals surface area contributed by atoms with Crippen molar-refractivity contribution in [2.75, 3.05) is 20.3 Å². The lowest BCUT2D eigenvalue weighted by Crippen LogP contribution is -2.20. The smallest absolute Gasteiger partial charge is 0.337 e. The van der Waals surface area contributed by atoms with Gasteiger partial charge in [-0.05, 0) is 37.6 Å². The van der Waals surface area contributed by atoms with Gasteiger partial charge in [-0.15, -0.1) is 0 Å². The summed E-state index contributed by atoms with van der Waals surface area (Å²) in [5.41, 5.74) is 3.46. The molecule has 1 aromatic heterocycles. The normalized spacial score (nSPS) is 11.8. The lowest BCUT2D eigenvalue weighted by atomic mass is 10.1. The number of fused-ring (bicyclic) bond motifs is 1. The van der Waals surface area contributed by atoms with Crippen molar-refractivity contribution in [3.05, 3.63) is 64.0 Å². The fraction of sp³-hybridized carbons (Fsp3) is 0.318. The van der Waals surface area contributed by atoms with Crippen LogP contribution in [-0.4, -0.2) is 36.8 Å². The Hall–Kier alpha value is -2.77. The first kappa shape index (κ1) is 21.0. The number of thiazole rings is 1. The molecule has 0 aliphatic heterocycles. The number of methoxy groups -OCH3 is 1. The molecule has 0 unspecified atom stereocenters. The molecule has 0 atom stereocenters. The van der Waals surface area contributed by atoms with Gasteiger partial charge < -0.3 is 14.0 Å². The molecular weight excluding hydrogens is 388 g/mol. The number of hydrogen-bond donors (Lipinski definition) is 0. The van der Waals surface area contributed by atoms with Crippen molar-refractivity contribution in [3.63, 3.8) is 0 Å². The van der Waals surface area contributed by atoms with Gasteiger partial charge >= 0.3 is 5.97 Å². The van der Waals surface area contributed by atoms with E-state index >= 15 is 0 Å². The lowest BCUT2D eigenvalue weighted by molar-refractivity contribution is -0.117. The molecule has 0 aliphatic carbocycles. The molecule has 1 heterocycles. The molecule has 2 aromatic carbocycles. The quantitative estimate of drug-likeness (QED) is 0.440. The van der Waals surface area contributed by atoms with E-state index in [1.165, 1.54) is 18.4 Å². The molecule has 0 aliphatic rings. The van der Waals surface area contributed by atoms with Gasteiger partial charge in [0.1, 0.15) is 0 Å². The molecule has 3 rings (SSSR count). The van der Waals surface area contributed by atoms with E-state index in [1.807, 2.05) is 48.7 Å². The highest BCUT2D eigenvalue weighted by atomic mass is 32.1. The summed E-state index contributed by atoms with van der Waals surface area (Å²) >= 11 is 1.38. The first-order chi connectivity index (χ1) is 14.0. The zero-order valence-corrected chi connectivity index (χ0v) is 17.6. The van der Waals surface area contributed by atoms with Crippen LogP contribution in [0.2, 0.25) is 0 Å². The van der Waals surface area contributed by atoms with E-state index in [2.05, 4.69) is 4.99 Å². The summed E-state index contributed by atoms with van der Waals surface area (Å²) in [7, 11) is 1.35. The monoisotopic (exact) mass is 412 g/mol. The third kappa shape index (κ3) is 5.19. The Morgan fingerprint density at radius 2 is 1.90 bits per heavy atom. The molecule has 152 valence electrons. The Labute approximate surface area is 173 Å². The third-order valence-electron chi connectivity index (χ3n) is 4.46. The Morgan fingerprint density at radius 1 is 1.14 bits per heavy atom. The number of aryl methyl sites for hydroxylation is 1. The number of carbonyl (C=O) groups is 2. The molecule has 0 N–H and O–H groups in total. The molecule has 7 heteroatoms. The van der Waals surface area contributed by atoms with Gasteiger partial charge in [0.15, 0.2) is 4.80 Å². The Kier molecular flexibility index (Phi) is 6.95. The molecule has 0 radical (unpaired) electrons. The summed E-state index contributed by atoms with van der Waals surface area (Å²) in [5.74, 6) is -0.603. The van der Waals surface area contributed by atoms with Crippen LogP contribution < -0.4 is 4.80 Å². The third-order valence-corrected chi connectivity index (χ3v) is 5.50. The molecule has 29 heavy (non-hydrogen) atoms. The number of aromatic nitrogens is 1. The van der Waals surface area contributed by atoms with E-state index in [-0.39, 0.29) is 12.3 Å². The highest BCUT2D eigenvalue weighted by Gasteiger charge is 2.12. The maximum absolute atomic E-state index is 12.6. The van der Waals surface area contributed by atoms with E-state index in [0.29, 0.717) is 30.1 Å². The number of benzene rings is 2. The standard InChI is InChI=1S/C22H24N2O4S/c1-4-28-12-11-24-18-10-9-17(21(26)27-3)14-19(18)29-22(24)23-20(25)13-16-7-5-15(2)6-8-16/h5-10,14H,4,11-13H2,1-3H3. The van der Waals surface area contributed by atoms with Crippen molar-refractivity contribution < 1.29 is 19.1 Å². The summed E-state index contributed by atoms with van der Waals surface area (Å²) in [6.07, 6.45) is 0.243. The van der Waals surface area contributed by atoms with Gasteiger partial charge in [0.2, 0.25) is 0 Å². The van der Waals surface area contributed by atoms with Crippen LogP contribution in [-0.2, 0) is 27.2 Å². The largest absolute Gasteiger partial charge is 0.465 e. The first-order valence-electron chi connectivity index (χ1n) is 9.44. The van der Waals surface area contributed by atoms with Gasteiger partial charge in [-0.3, -0.25) is 4.79 Å². The minimum Gasteiger partial charge on any atom is -0.465 e. The highest BCUT2D eigenvalue weighted by molar-refractivity contribution is 7.16. The van der Waals surface area contributed by atoms with Crippen LogP contribution in [0.15, 0.2) is 47.5 Å². The predicted octanol–water partition coefficient (Wildman–Crippen LogP) is 3.50. The van der Waals surface area contributed by atoms with Crippen molar-refractivity contribution in [2.24, 2.45) is 4.99 Å². The molecule has 1 amide bonds. The highest BCUT2D eigenvalue weighted by Crippen LogP contribution is 2.20. The van der Waals surface area contributed by atoms with Crippen molar-refractivity contribution in [1.82, 2.24) is 4.57 Å². The molecule has 6 nitrogen and oxygen atoms in total. The van der Waals surface area contributed by atoms with E-state index in [1.54, 1.807) is 12.1 Å². The number of ether oxygens (including phenoxy) is 2. The molecule has 0 fully saturated rings. The van der Waals surface area contributed by atoms with Crippen molar-refractivity contribution in [1.29, 1.82) is 0 Å². The summed E-state index contributed by atoms with van der Waals surface area (Å²) in [4.78, 5) is 29.4. The van der Waals surface area contributed by atoms with Crippen LogP contribution in [0.5, 0.6) is 0 Å². The Morgan fingerprint density at radius 3 is 2.59 bits per heavy atom. The summed E-state index contributed by atoms with van der Waals surface area (Å²) in [6.45, 7) is 5.66. The lowest BCUT2D eigenvalue weighted by Gasteiger charge is -2.06. The molecule has 0 bridgehead atoms. The second kappa shape index (κ2) is 9.62. The molecule has 3 aromatic rings. The second-order valence-electron chi connectivity index (χ2n) is 6.58. The number of amides is 1. The van der Waals surface area contributed by atoms with E-state index in [9.17, 15) is 9.59 Å². The van der Waals surface area contributed by atoms with Crippen LogP contribution in [0.1, 0.15) is 28.4 Å². The van der Waals surface area contributed by atoms with E-state index in [0.717, 1.165) is 21.3 Å². The number of nitrogens with zero attached hydrogens (tertiary/aromatic N) is 2. The first-order valence-corrected chi connectivity index (χ1v) is 10.3. The predicted molar refractivity (Wildman–Crippen MR) is 113 cm³/mol. The number of hydrogen-bond acceptors (Lipinski definition) is 5. The average Bonchev–Trinajstić information content (AvgIpc) is 3.05. The molecule has 0 saturated carbocycles. The van der Waals surface area contributed by atoms with Crippen LogP contribution in [0, 0.1) is 6.92 Å². The SMILES string of the molecule is CCOCCn1c(=NC(=O)Cc2ccc(C)cc2)sc2cc(C(=O)OC)ccc21. The maximum Gasteiger partial charge on any atom is 0.337 e. The topological polar surface area (TPSA) is 69.9 Å². The van der Waals surface area contributed by atoms with Gasteiger partial charge in [0, 0.05) is 13.2 Å². The Bertz CT molecular complexity index is 1080. The fourth-order valence-corrected chi connectivity index (χ4v) is 4.06. The summed E-state index contributed by atoms with van der Waals surface area (Å²) < 4.78 is 13.1. The number of rotatable bonds is 7. The van der Waals surface area contributed by atoms with Crippen LogP contribution in [0.25, 0.3) is 10.2 Å². The van der Waals surface area contributed by atoms with Crippen LogP contribution in [0.3, 0.4) is 0 Å². The minimum atomic E-state index is -0.393. The molecular formula is C22H24N2O4S. The minimum absolute atomic E-state index is 0.209. The maximum atomic E-state index is 12.6. The average molecular weight is 413 g/mol. The van der Waals surface area contributed by atoms with Crippen molar-refractivity contribution in [3.8, 4) is 0 Å². The van der Waals surface area contributed by atoms with Gasteiger partial charge in [-0.2, -0.15) is 4.99 Å². The number of esters is 1. The van der Waals surface area contributed by atoms with Crippen LogP contribution in [0.4, 0.5) is 0 Å². The molecule has 0 saturated heterocycles. The molecule has 0 spiro atoms. The summed E-state index contributed by atoms with van der Waals surface area (Å²) in [6, 6.07) is 13.2. The van der Waals surface area contributed by atoms with E-state index < -0.39 is 5.97 Å². The van der Waals surface area contributed by atoms with Gasteiger partial charge in [0.05, 0.1) is 35.9 Å². The van der Waals surface area contributed by atoms with Gasteiger partial charge in [-0.25, -0.2) is 4.79 Å². The van der Waals surface area contributed by atoms with Crippen LogP contribution >= 0.6 is 11.3 Å². The van der Waals surface area contributed by atoms with Gasteiger partial charge in [0.25, 0.3) is 5.91 Å². The number of carbonyl (C=O) groups excluding carboxylic acids is 2. The summed E-state index contributed by atoms with van der Waals surface area (Å²) in [5, 5.41) is 0. The fourth-order valence-electron chi connectivity index (χ4n) is 2.95. The zero-order chi connectivity index (χ0) is 20.8. The second-order valence-corrected chi connectivity index (χ2v) is 7.58. The van der Waals surface area contributed by atoms with Crippen molar-refractivity contribution in [2.45, 2.75) is 26.8 Å². The zero-order valence-electron chi connectivity index (χ0n) is 16.8. The van der Waals surface area contributed by atoms with Crippen molar-refractivity contribution >= 4 is 33.4 Å².